The molecule has 1 fully saturated rings. The van der Waals surface area contributed by atoms with E-state index in [1.54, 1.807) is 17.0 Å². The van der Waals surface area contributed by atoms with Crippen molar-refractivity contribution in [3.8, 4) is 0 Å². The minimum absolute atomic E-state index is 0.0548. The number of rotatable bonds is 8. The highest BCUT2D eigenvalue weighted by Gasteiger charge is 2.32. The molecule has 1 aliphatic rings. The maximum atomic E-state index is 12.9. The van der Waals surface area contributed by atoms with Gasteiger partial charge >= 0.3 is 12.0 Å². The fourth-order valence-corrected chi connectivity index (χ4v) is 2.27. The van der Waals surface area contributed by atoms with Gasteiger partial charge in [-0.15, -0.1) is 0 Å². The number of hydrogen-bond donors (Lipinski definition) is 2. The van der Waals surface area contributed by atoms with E-state index < -0.39 is 5.97 Å². The summed E-state index contributed by atoms with van der Waals surface area (Å²) in [5, 5.41) is 11.3. The number of hydrogen-bond acceptors (Lipinski definition) is 2. The molecule has 1 aromatic carbocycles. The minimum Gasteiger partial charge on any atom is -0.481 e. The molecule has 0 aromatic heterocycles. The average molecular weight is 308 g/mol. The Labute approximate surface area is 129 Å². The predicted molar refractivity (Wildman–Crippen MR) is 80.1 cm³/mol. The van der Waals surface area contributed by atoms with Crippen LogP contribution in [0.2, 0.25) is 0 Å². The Morgan fingerprint density at radius 1 is 1.27 bits per heavy atom. The summed E-state index contributed by atoms with van der Waals surface area (Å²) in [6, 6.07) is 6.43. The first-order valence-corrected chi connectivity index (χ1v) is 7.57. The Hall–Kier alpha value is -2.11. The van der Waals surface area contributed by atoms with Gasteiger partial charge in [-0.25, -0.2) is 9.18 Å². The molecule has 1 saturated carbocycles. The van der Waals surface area contributed by atoms with Crippen molar-refractivity contribution < 1.29 is 19.1 Å². The number of carboxylic acid groups (broad SMARTS) is 1. The Balaban J connectivity index is 1.78. The molecular weight excluding hydrogens is 287 g/mol. The van der Waals surface area contributed by atoms with Crippen molar-refractivity contribution in [2.45, 2.75) is 38.1 Å². The zero-order valence-corrected chi connectivity index (χ0v) is 12.4. The van der Waals surface area contributed by atoms with Crippen LogP contribution in [0.5, 0.6) is 0 Å². The number of carboxylic acids is 1. The van der Waals surface area contributed by atoms with E-state index in [9.17, 15) is 14.0 Å². The molecule has 1 aliphatic carbocycles. The van der Waals surface area contributed by atoms with Crippen LogP contribution in [0.25, 0.3) is 0 Å². The van der Waals surface area contributed by atoms with Gasteiger partial charge in [0.15, 0.2) is 0 Å². The van der Waals surface area contributed by atoms with E-state index >= 15 is 0 Å². The van der Waals surface area contributed by atoms with Crippen LogP contribution in [0.4, 0.5) is 9.18 Å². The topological polar surface area (TPSA) is 69.6 Å². The molecule has 6 heteroatoms. The third kappa shape index (κ3) is 5.35. The molecular formula is C16H21FN2O3. The van der Waals surface area contributed by atoms with Gasteiger partial charge in [0.25, 0.3) is 0 Å². The normalized spacial score (nSPS) is 13.7. The highest BCUT2D eigenvalue weighted by Crippen LogP contribution is 2.27. The van der Waals surface area contributed by atoms with Crippen molar-refractivity contribution in [1.82, 2.24) is 10.2 Å². The lowest BCUT2D eigenvalue weighted by atomic mass is 10.1. The number of carbonyl (C=O) groups is 2. The molecule has 120 valence electrons. The quantitative estimate of drug-likeness (QED) is 0.725. The number of nitrogens with one attached hydrogen (secondary N) is 1. The van der Waals surface area contributed by atoms with Crippen LogP contribution in [0.3, 0.4) is 0 Å². The lowest BCUT2D eigenvalue weighted by molar-refractivity contribution is -0.137. The molecule has 0 heterocycles. The number of nitrogens with zero attached hydrogens (tertiary/aromatic N) is 1. The zero-order valence-electron chi connectivity index (χ0n) is 12.4. The highest BCUT2D eigenvalue weighted by atomic mass is 19.1. The smallest absolute Gasteiger partial charge is 0.317 e. The summed E-state index contributed by atoms with van der Waals surface area (Å²) >= 11 is 0. The van der Waals surface area contributed by atoms with E-state index in [1.165, 1.54) is 12.1 Å². The first kappa shape index (κ1) is 16.3. The van der Waals surface area contributed by atoms with Gasteiger partial charge in [0.2, 0.25) is 0 Å². The largest absolute Gasteiger partial charge is 0.481 e. The van der Waals surface area contributed by atoms with E-state index in [-0.39, 0.29) is 24.3 Å². The van der Waals surface area contributed by atoms with Gasteiger partial charge in [0, 0.05) is 25.6 Å². The Morgan fingerprint density at radius 2 is 1.95 bits per heavy atom. The lowest BCUT2D eigenvalue weighted by Crippen LogP contribution is -2.42. The van der Waals surface area contributed by atoms with Crippen LogP contribution in [-0.2, 0) is 11.2 Å². The van der Waals surface area contributed by atoms with Crippen molar-refractivity contribution >= 4 is 12.0 Å². The van der Waals surface area contributed by atoms with Crippen LogP contribution in [0, 0.1) is 5.82 Å². The molecule has 5 nitrogen and oxygen atoms in total. The van der Waals surface area contributed by atoms with E-state index in [4.69, 9.17) is 5.11 Å². The van der Waals surface area contributed by atoms with E-state index in [0.29, 0.717) is 25.9 Å². The number of urea groups is 1. The Kier molecular flexibility index (Phi) is 5.75. The lowest BCUT2D eigenvalue weighted by Gasteiger charge is -2.23. The molecule has 0 bridgehead atoms. The molecule has 22 heavy (non-hydrogen) atoms. The fraction of sp³-hybridized carbons (Fsp3) is 0.500. The third-order valence-corrected chi connectivity index (χ3v) is 3.65. The van der Waals surface area contributed by atoms with Crippen LogP contribution in [-0.4, -0.2) is 41.1 Å². The second-order valence-electron chi connectivity index (χ2n) is 5.53. The summed E-state index contributed by atoms with van der Waals surface area (Å²) in [6.07, 6.45) is 3.17. The van der Waals surface area contributed by atoms with E-state index in [2.05, 4.69) is 5.32 Å². The van der Waals surface area contributed by atoms with Crippen molar-refractivity contribution in [3.05, 3.63) is 35.6 Å². The van der Waals surface area contributed by atoms with Gasteiger partial charge in [0.05, 0.1) is 0 Å². The van der Waals surface area contributed by atoms with Crippen molar-refractivity contribution in [3.63, 3.8) is 0 Å². The van der Waals surface area contributed by atoms with Crippen molar-refractivity contribution in [2.75, 3.05) is 13.1 Å². The maximum absolute atomic E-state index is 12.9. The summed E-state index contributed by atoms with van der Waals surface area (Å²) in [4.78, 5) is 24.4. The Morgan fingerprint density at radius 3 is 2.55 bits per heavy atom. The summed E-state index contributed by atoms with van der Waals surface area (Å²) < 4.78 is 12.9. The predicted octanol–water partition coefficient (Wildman–Crippen LogP) is 2.41. The van der Waals surface area contributed by atoms with Crippen LogP contribution < -0.4 is 5.32 Å². The van der Waals surface area contributed by atoms with E-state index in [1.807, 2.05) is 0 Å². The number of halogens is 1. The summed E-state index contributed by atoms with van der Waals surface area (Å²) in [5.41, 5.74) is 0.991. The maximum Gasteiger partial charge on any atom is 0.317 e. The van der Waals surface area contributed by atoms with Gasteiger partial charge in [-0.05, 0) is 43.4 Å². The van der Waals surface area contributed by atoms with Gasteiger partial charge in [-0.2, -0.15) is 0 Å². The Bertz CT molecular complexity index is 515. The average Bonchev–Trinajstić information content (AvgIpc) is 3.30. The number of carbonyl (C=O) groups excluding carboxylic acids is 1. The van der Waals surface area contributed by atoms with Crippen LogP contribution >= 0.6 is 0 Å². The molecule has 2 amide bonds. The van der Waals surface area contributed by atoms with Gasteiger partial charge in [-0.3, -0.25) is 4.79 Å². The standard InChI is InChI=1S/C16H21FN2O3/c17-13-5-3-12(4-6-13)9-11-19(14-7-8-14)16(22)18-10-1-2-15(20)21/h3-6,14H,1-2,7-11H2,(H,18,22)(H,20,21). The minimum atomic E-state index is -0.857. The first-order valence-electron chi connectivity index (χ1n) is 7.57. The van der Waals surface area contributed by atoms with E-state index in [0.717, 1.165) is 18.4 Å². The second kappa shape index (κ2) is 7.77. The van der Waals surface area contributed by atoms with Crippen LogP contribution in [0.15, 0.2) is 24.3 Å². The molecule has 0 unspecified atom stereocenters. The SMILES string of the molecule is O=C(O)CCCNC(=O)N(CCc1ccc(F)cc1)C1CC1. The summed E-state index contributed by atoms with van der Waals surface area (Å²) in [7, 11) is 0. The molecule has 0 saturated heterocycles. The first-order chi connectivity index (χ1) is 10.6. The second-order valence-corrected chi connectivity index (χ2v) is 5.53. The third-order valence-electron chi connectivity index (χ3n) is 3.65. The number of benzene rings is 1. The molecule has 2 N–H and O–H groups in total. The molecule has 1 aromatic rings. The van der Waals surface area contributed by atoms with Gasteiger partial charge < -0.3 is 15.3 Å². The molecule has 0 radical (unpaired) electrons. The van der Waals surface area contributed by atoms with Gasteiger partial charge in [0.1, 0.15) is 5.82 Å². The van der Waals surface area contributed by atoms with Crippen LogP contribution in [0.1, 0.15) is 31.2 Å². The molecule has 0 atom stereocenters. The van der Waals surface area contributed by atoms with Crippen molar-refractivity contribution in [1.29, 1.82) is 0 Å². The number of aliphatic carboxylic acids is 1. The molecule has 2 rings (SSSR count). The number of amides is 2. The van der Waals surface area contributed by atoms with Crippen molar-refractivity contribution in [2.24, 2.45) is 0 Å². The highest BCUT2D eigenvalue weighted by molar-refractivity contribution is 5.75. The molecule has 0 aliphatic heterocycles. The zero-order chi connectivity index (χ0) is 15.9. The summed E-state index contributed by atoms with van der Waals surface area (Å²) in [6.45, 7) is 0.950. The fourth-order valence-electron chi connectivity index (χ4n) is 2.27. The van der Waals surface area contributed by atoms with Gasteiger partial charge in [-0.1, -0.05) is 12.1 Å². The summed E-state index contributed by atoms with van der Waals surface area (Å²) in [5.74, 6) is -1.12. The molecule has 0 spiro atoms. The monoisotopic (exact) mass is 308 g/mol.